The number of aryl methyl sites for hydroxylation is 1. The van der Waals surface area contributed by atoms with Gasteiger partial charge in [-0.2, -0.15) is 0 Å². The minimum absolute atomic E-state index is 0.139. The predicted molar refractivity (Wildman–Crippen MR) is 68.9 cm³/mol. The molecule has 0 saturated carbocycles. The molecule has 0 atom stereocenters. The van der Waals surface area contributed by atoms with Crippen molar-refractivity contribution in [1.82, 2.24) is 0 Å². The van der Waals surface area contributed by atoms with E-state index >= 15 is 0 Å². The van der Waals surface area contributed by atoms with E-state index in [2.05, 4.69) is 15.9 Å². The van der Waals surface area contributed by atoms with Gasteiger partial charge >= 0.3 is 0 Å². The van der Waals surface area contributed by atoms with E-state index in [1.165, 1.54) is 0 Å². The smallest absolute Gasteiger partial charge is 0.124 e. The monoisotopic (exact) mass is 304 g/mol. The van der Waals surface area contributed by atoms with E-state index in [-0.39, 0.29) is 4.32 Å². The second kappa shape index (κ2) is 4.21. The highest BCUT2D eigenvalue weighted by molar-refractivity contribution is 9.09. The van der Waals surface area contributed by atoms with E-state index in [4.69, 9.17) is 21.1 Å². The molecule has 0 unspecified atom stereocenters. The second-order valence-corrected chi connectivity index (χ2v) is 6.06. The van der Waals surface area contributed by atoms with Crippen molar-refractivity contribution in [1.29, 1.82) is 0 Å². The first-order valence-corrected chi connectivity index (χ1v) is 6.27. The van der Waals surface area contributed by atoms with Crippen molar-refractivity contribution >= 4 is 27.5 Å². The summed E-state index contributed by atoms with van der Waals surface area (Å²) in [5, 5.41) is 0.807. The topological polar surface area (TPSA) is 18.5 Å². The minimum atomic E-state index is -0.139. The standard InChI is InChI=1S/C12H14BrClO2/c1-7-4-9(15-3)10(8(2)11(7)14)12(13)5-16-6-12/h4H,5-6H2,1-3H3. The highest BCUT2D eigenvalue weighted by Gasteiger charge is 2.41. The number of methoxy groups -OCH3 is 1. The summed E-state index contributed by atoms with van der Waals surface area (Å²) >= 11 is 10.00. The Kier molecular flexibility index (Phi) is 3.21. The zero-order chi connectivity index (χ0) is 11.9. The van der Waals surface area contributed by atoms with Crippen LogP contribution in [0.25, 0.3) is 0 Å². The molecular weight excluding hydrogens is 291 g/mol. The van der Waals surface area contributed by atoms with E-state index < -0.39 is 0 Å². The molecule has 1 aromatic carbocycles. The quantitative estimate of drug-likeness (QED) is 0.778. The van der Waals surface area contributed by atoms with Crippen molar-refractivity contribution < 1.29 is 9.47 Å². The van der Waals surface area contributed by atoms with Gasteiger partial charge in [0.25, 0.3) is 0 Å². The molecular formula is C12H14BrClO2. The number of halogens is 2. The first kappa shape index (κ1) is 12.2. The van der Waals surface area contributed by atoms with Crippen LogP contribution >= 0.6 is 27.5 Å². The van der Waals surface area contributed by atoms with Gasteiger partial charge in [-0.1, -0.05) is 27.5 Å². The van der Waals surface area contributed by atoms with Crippen LogP contribution in [0.2, 0.25) is 5.02 Å². The molecule has 2 rings (SSSR count). The van der Waals surface area contributed by atoms with Crippen molar-refractivity contribution in [2.24, 2.45) is 0 Å². The van der Waals surface area contributed by atoms with Gasteiger partial charge in [0.05, 0.1) is 20.3 Å². The molecule has 0 spiro atoms. The van der Waals surface area contributed by atoms with Crippen LogP contribution in [-0.2, 0) is 9.06 Å². The van der Waals surface area contributed by atoms with Crippen molar-refractivity contribution in [2.75, 3.05) is 20.3 Å². The van der Waals surface area contributed by atoms with Gasteiger partial charge in [-0.15, -0.1) is 0 Å². The Morgan fingerprint density at radius 3 is 2.50 bits per heavy atom. The van der Waals surface area contributed by atoms with Crippen molar-refractivity contribution in [3.05, 3.63) is 27.8 Å². The van der Waals surface area contributed by atoms with Crippen LogP contribution in [0, 0.1) is 13.8 Å². The molecule has 0 aliphatic carbocycles. The van der Waals surface area contributed by atoms with Crippen molar-refractivity contribution in [2.45, 2.75) is 18.2 Å². The molecule has 1 aromatic rings. The average Bonchev–Trinajstić information content (AvgIpc) is 2.22. The molecule has 0 aromatic heterocycles. The van der Waals surface area contributed by atoms with Crippen LogP contribution < -0.4 is 4.74 Å². The summed E-state index contributed by atoms with van der Waals surface area (Å²) in [6, 6.07) is 1.98. The Labute approximate surface area is 109 Å². The third kappa shape index (κ3) is 1.75. The molecule has 0 bridgehead atoms. The maximum absolute atomic E-state index is 6.28. The molecule has 1 fully saturated rings. The molecule has 1 saturated heterocycles. The SMILES string of the molecule is COc1cc(C)c(Cl)c(C)c1C1(Br)COC1. The van der Waals surface area contributed by atoms with Gasteiger partial charge in [-0.3, -0.25) is 0 Å². The number of rotatable bonds is 2. The Balaban J connectivity index is 2.62. The van der Waals surface area contributed by atoms with E-state index in [9.17, 15) is 0 Å². The fraction of sp³-hybridized carbons (Fsp3) is 0.500. The van der Waals surface area contributed by atoms with Crippen LogP contribution in [0.4, 0.5) is 0 Å². The lowest BCUT2D eigenvalue weighted by Gasteiger charge is -2.38. The largest absolute Gasteiger partial charge is 0.496 e. The summed E-state index contributed by atoms with van der Waals surface area (Å²) in [4.78, 5) is 0. The molecule has 0 radical (unpaired) electrons. The lowest BCUT2D eigenvalue weighted by Crippen LogP contribution is -2.42. The third-order valence-corrected chi connectivity index (χ3v) is 4.41. The zero-order valence-corrected chi connectivity index (χ0v) is 11.9. The Bertz CT molecular complexity index is 428. The predicted octanol–water partition coefficient (Wildman–Crippen LogP) is 3.59. The van der Waals surface area contributed by atoms with Gasteiger partial charge in [0.15, 0.2) is 0 Å². The molecule has 2 nitrogen and oxygen atoms in total. The number of benzene rings is 1. The van der Waals surface area contributed by atoms with Crippen LogP contribution in [-0.4, -0.2) is 20.3 Å². The molecule has 1 aliphatic rings. The maximum Gasteiger partial charge on any atom is 0.124 e. The summed E-state index contributed by atoms with van der Waals surface area (Å²) in [5.41, 5.74) is 3.21. The normalized spacial score (nSPS) is 18.1. The molecule has 4 heteroatoms. The molecule has 1 aliphatic heterocycles. The molecule has 88 valence electrons. The van der Waals surface area contributed by atoms with Crippen LogP contribution in [0.5, 0.6) is 5.75 Å². The minimum Gasteiger partial charge on any atom is -0.496 e. The van der Waals surface area contributed by atoms with E-state index in [0.717, 1.165) is 27.5 Å². The number of hydrogen-bond donors (Lipinski definition) is 0. The van der Waals surface area contributed by atoms with E-state index in [0.29, 0.717) is 13.2 Å². The van der Waals surface area contributed by atoms with E-state index in [1.54, 1.807) is 7.11 Å². The number of hydrogen-bond acceptors (Lipinski definition) is 2. The number of alkyl halides is 1. The zero-order valence-electron chi connectivity index (χ0n) is 9.56. The highest BCUT2D eigenvalue weighted by Crippen LogP contribution is 2.47. The molecule has 1 heterocycles. The molecule has 0 amide bonds. The Hall–Kier alpha value is -0.250. The Morgan fingerprint density at radius 1 is 1.44 bits per heavy atom. The van der Waals surface area contributed by atoms with Gasteiger partial charge in [0.2, 0.25) is 0 Å². The van der Waals surface area contributed by atoms with Gasteiger partial charge in [-0.05, 0) is 31.0 Å². The van der Waals surface area contributed by atoms with Crippen molar-refractivity contribution in [3.63, 3.8) is 0 Å². The number of ether oxygens (including phenoxy) is 2. The summed E-state index contributed by atoms with van der Waals surface area (Å²) in [6.45, 7) is 5.32. The molecule has 16 heavy (non-hydrogen) atoms. The lowest BCUT2D eigenvalue weighted by atomic mass is 9.91. The summed E-state index contributed by atoms with van der Waals surface area (Å²) in [7, 11) is 1.68. The van der Waals surface area contributed by atoms with Gasteiger partial charge in [-0.25, -0.2) is 0 Å². The summed E-state index contributed by atoms with van der Waals surface area (Å²) < 4.78 is 10.6. The Morgan fingerprint density at radius 2 is 2.06 bits per heavy atom. The third-order valence-electron chi connectivity index (χ3n) is 2.97. The summed E-state index contributed by atoms with van der Waals surface area (Å²) in [6.07, 6.45) is 0. The van der Waals surface area contributed by atoms with Gasteiger partial charge < -0.3 is 9.47 Å². The van der Waals surface area contributed by atoms with Crippen LogP contribution in [0.1, 0.15) is 16.7 Å². The highest BCUT2D eigenvalue weighted by atomic mass is 79.9. The second-order valence-electron chi connectivity index (χ2n) is 4.17. The fourth-order valence-electron chi connectivity index (χ4n) is 2.07. The van der Waals surface area contributed by atoms with Crippen molar-refractivity contribution in [3.8, 4) is 5.75 Å². The first-order chi connectivity index (χ1) is 7.49. The van der Waals surface area contributed by atoms with Gasteiger partial charge in [0.1, 0.15) is 10.1 Å². The lowest BCUT2D eigenvalue weighted by molar-refractivity contribution is -0.00816. The molecule has 0 N–H and O–H groups in total. The average molecular weight is 306 g/mol. The first-order valence-electron chi connectivity index (χ1n) is 5.10. The fourth-order valence-corrected chi connectivity index (χ4v) is 3.03. The van der Waals surface area contributed by atoms with Crippen LogP contribution in [0.3, 0.4) is 0 Å². The maximum atomic E-state index is 6.28. The summed E-state index contributed by atoms with van der Waals surface area (Å²) in [5.74, 6) is 0.875. The van der Waals surface area contributed by atoms with Gasteiger partial charge in [0, 0.05) is 10.6 Å². The van der Waals surface area contributed by atoms with Crippen LogP contribution in [0.15, 0.2) is 6.07 Å². The van der Waals surface area contributed by atoms with E-state index in [1.807, 2.05) is 19.9 Å².